The van der Waals surface area contributed by atoms with E-state index in [1.807, 2.05) is 37.3 Å². The number of amides is 1. The molecule has 3 atom stereocenters. The minimum atomic E-state index is -3.91. The van der Waals surface area contributed by atoms with E-state index in [-0.39, 0.29) is 34.6 Å². The number of carbonyl (C=O) groups is 1. The predicted octanol–water partition coefficient (Wildman–Crippen LogP) is 4.37. The van der Waals surface area contributed by atoms with E-state index in [1.54, 1.807) is 49.4 Å². The number of anilines is 1. The summed E-state index contributed by atoms with van der Waals surface area (Å²) in [5, 5.41) is 3.44. The van der Waals surface area contributed by atoms with Crippen molar-refractivity contribution in [1.82, 2.24) is 10.2 Å². The monoisotopic (exact) mass is 553 g/mol. The van der Waals surface area contributed by atoms with Crippen LogP contribution in [0.25, 0.3) is 0 Å². The Morgan fingerprint density at radius 3 is 2.38 bits per heavy atom. The summed E-state index contributed by atoms with van der Waals surface area (Å²) in [6.45, 7) is 5.48. The van der Waals surface area contributed by atoms with Gasteiger partial charge in [-0.25, -0.2) is 8.42 Å². The van der Waals surface area contributed by atoms with Gasteiger partial charge in [0.1, 0.15) is 23.9 Å². The average Bonchev–Trinajstić information content (AvgIpc) is 2.93. The maximum Gasteiger partial charge on any atom is 0.261 e. The lowest BCUT2D eigenvalue weighted by Gasteiger charge is -2.30. The Hall–Kier alpha value is -3.60. The Kier molecular flexibility index (Phi) is 9.11. The molecule has 0 fully saturated rings. The molecule has 3 aromatic carbocycles. The molecule has 4 rings (SSSR count). The molecule has 39 heavy (non-hydrogen) atoms. The number of hydrogen-bond donors (Lipinski definition) is 2. The minimum Gasteiger partial charge on any atom is -0.491 e. The first-order valence-electron chi connectivity index (χ1n) is 12.8. The number of nitrogens with one attached hydrogen (secondary N) is 2. The highest BCUT2D eigenvalue weighted by Gasteiger charge is 2.26. The largest absolute Gasteiger partial charge is 0.491 e. The van der Waals surface area contributed by atoms with Crippen LogP contribution in [0.3, 0.4) is 0 Å². The zero-order valence-corrected chi connectivity index (χ0v) is 23.4. The number of hydrogen-bond acceptors (Lipinski definition) is 7. The van der Waals surface area contributed by atoms with E-state index in [1.165, 1.54) is 12.1 Å². The van der Waals surface area contributed by atoms with E-state index in [0.29, 0.717) is 42.5 Å². The van der Waals surface area contributed by atoms with Crippen molar-refractivity contribution >= 4 is 21.6 Å². The third-order valence-corrected chi connectivity index (χ3v) is 7.99. The maximum atomic E-state index is 13.3. The predicted molar refractivity (Wildman–Crippen MR) is 150 cm³/mol. The molecule has 0 radical (unpaired) electrons. The number of para-hydroxylation sites is 1. The summed E-state index contributed by atoms with van der Waals surface area (Å²) in [7, 11) is -0.543. The number of ether oxygens (including phenoxy) is 3. The normalized spacial score (nSPS) is 20.7. The van der Waals surface area contributed by atoms with Crippen LogP contribution in [0.5, 0.6) is 17.2 Å². The third kappa shape index (κ3) is 7.29. The standard InChI is InChI=1S/C29H35N3O6S/c1-20-17-30-21(2)19-37-27-16-22(10-15-26(27)29(33)32(3)18-28(20)36-4)31-39(34,35)25-13-11-24(12-14-25)38-23-8-6-5-7-9-23/h5-16,20-21,28,30-31H,17-19H2,1-4H3/t20-,21-,28-/m0/s1. The van der Waals surface area contributed by atoms with Gasteiger partial charge in [-0.15, -0.1) is 0 Å². The number of sulfonamides is 1. The Labute approximate surface area is 230 Å². The van der Waals surface area contributed by atoms with E-state index < -0.39 is 10.0 Å². The lowest BCUT2D eigenvalue weighted by molar-refractivity contribution is 0.0281. The van der Waals surface area contributed by atoms with Crippen LogP contribution in [0.15, 0.2) is 77.7 Å². The fourth-order valence-electron chi connectivity index (χ4n) is 4.24. The lowest BCUT2D eigenvalue weighted by atomic mass is 10.0. The maximum absolute atomic E-state index is 13.3. The third-order valence-electron chi connectivity index (χ3n) is 6.59. The van der Waals surface area contributed by atoms with Gasteiger partial charge in [0.15, 0.2) is 0 Å². The number of carbonyl (C=O) groups excluding carboxylic acids is 1. The Morgan fingerprint density at radius 1 is 1.00 bits per heavy atom. The summed E-state index contributed by atoms with van der Waals surface area (Å²) in [6.07, 6.45) is -0.141. The van der Waals surface area contributed by atoms with Gasteiger partial charge < -0.3 is 24.4 Å². The van der Waals surface area contributed by atoms with Crippen LogP contribution in [-0.4, -0.2) is 65.2 Å². The second kappa shape index (κ2) is 12.5. The smallest absolute Gasteiger partial charge is 0.261 e. The van der Waals surface area contributed by atoms with Crippen molar-refractivity contribution in [3.63, 3.8) is 0 Å². The highest BCUT2D eigenvalue weighted by atomic mass is 32.2. The SMILES string of the molecule is CO[C@H]1CN(C)C(=O)c2ccc(NS(=O)(=O)c3ccc(Oc4ccccc4)cc3)cc2OC[C@H](C)NC[C@@H]1C. The Bertz CT molecular complexity index is 1370. The van der Waals surface area contributed by atoms with Crippen LogP contribution >= 0.6 is 0 Å². The molecule has 1 aliphatic heterocycles. The minimum absolute atomic E-state index is 0.00188. The lowest BCUT2D eigenvalue weighted by Crippen LogP contribution is -2.44. The molecule has 10 heteroatoms. The summed E-state index contributed by atoms with van der Waals surface area (Å²) in [6, 6.07) is 20.1. The highest BCUT2D eigenvalue weighted by molar-refractivity contribution is 7.92. The zero-order chi connectivity index (χ0) is 28.0. The number of nitrogens with zero attached hydrogens (tertiary/aromatic N) is 1. The number of fused-ring (bicyclic) bond motifs is 1. The molecule has 0 saturated carbocycles. The summed E-state index contributed by atoms with van der Waals surface area (Å²) < 4.78 is 46.3. The van der Waals surface area contributed by atoms with E-state index in [2.05, 4.69) is 17.0 Å². The molecule has 1 aliphatic rings. The number of likely N-dealkylation sites (N-methyl/N-ethyl adjacent to an activating group) is 1. The van der Waals surface area contributed by atoms with Gasteiger partial charge in [-0.3, -0.25) is 9.52 Å². The molecule has 0 saturated heterocycles. The van der Waals surface area contributed by atoms with Crippen LogP contribution < -0.4 is 19.5 Å². The Balaban J connectivity index is 1.54. The first-order valence-corrected chi connectivity index (χ1v) is 14.3. The molecule has 208 valence electrons. The van der Waals surface area contributed by atoms with E-state index in [9.17, 15) is 13.2 Å². The van der Waals surface area contributed by atoms with Crippen LogP contribution in [0.1, 0.15) is 24.2 Å². The van der Waals surface area contributed by atoms with Gasteiger partial charge in [0.05, 0.1) is 22.3 Å². The summed E-state index contributed by atoms with van der Waals surface area (Å²) >= 11 is 0. The number of methoxy groups -OCH3 is 1. The quantitative estimate of drug-likeness (QED) is 0.467. The molecule has 0 bridgehead atoms. The molecule has 0 spiro atoms. The molecule has 1 heterocycles. The molecule has 0 aromatic heterocycles. The zero-order valence-electron chi connectivity index (χ0n) is 22.6. The summed E-state index contributed by atoms with van der Waals surface area (Å²) in [4.78, 5) is 15.0. The van der Waals surface area contributed by atoms with Crippen LogP contribution in [-0.2, 0) is 14.8 Å². The van der Waals surface area contributed by atoms with Crippen LogP contribution in [0, 0.1) is 5.92 Å². The molecule has 0 aliphatic carbocycles. The number of benzene rings is 3. The van der Waals surface area contributed by atoms with Crippen LogP contribution in [0.2, 0.25) is 0 Å². The molecular formula is C29H35N3O6S. The second-order valence-corrected chi connectivity index (χ2v) is 11.4. The van der Waals surface area contributed by atoms with Crippen molar-refractivity contribution in [3.8, 4) is 17.2 Å². The van der Waals surface area contributed by atoms with Crippen molar-refractivity contribution in [1.29, 1.82) is 0 Å². The first-order chi connectivity index (χ1) is 18.7. The first kappa shape index (κ1) is 28.4. The van der Waals surface area contributed by atoms with Crippen molar-refractivity contribution in [2.24, 2.45) is 5.92 Å². The van der Waals surface area contributed by atoms with Gasteiger partial charge >= 0.3 is 0 Å². The fourth-order valence-corrected chi connectivity index (χ4v) is 5.29. The molecule has 2 N–H and O–H groups in total. The summed E-state index contributed by atoms with van der Waals surface area (Å²) in [5.41, 5.74) is 0.628. The Morgan fingerprint density at radius 2 is 1.69 bits per heavy atom. The van der Waals surface area contributed by atoms with Gasteiger partial charge in [-0.2, -0.15) is 0 Å². The van der Waals surface area contributed by atoms with E-state index >= 15 is 0 Å². The van der Waals surface area contributed by atoms with Gasteiger partial charge in [-0.05, 0) is 61.4 Å². The summed E-state index contributed by atoms with van der Waals surface area (Å²) in [5.74, 6) is 1.42. The molecule has 0 unspecified atom stereocenters. The molecule has 9 nitrogen and oxygen atoms in total. The fraction of sp³-hybridized carbons (Fsp3) is 0.345. The topological polar surface area (TPSA) is 106 Å². The average molecular weight is 554 g/mol. The molecule has 1 amide bonds. The van der Waals surface area contributed by atoms with Crippen molar-refractivity contribution < 1.29 is 27.4 Å². The van der Waals surface area contributed by atoms with Gasteiger partial charge in [0.25, 0.3) is 15.9 Å². The van der Waals surface area contributed by atoms with Crippen LogP contribution in [0.4, 0.5) is 5.69 Å². The van der Waals surface area contributed by atoms with Crippen molar-refractivity contribution in [2.45, 2.75) is 30.9 Å². The highest BCUT2D eigenvalue weighted by Crippen LogP contribution is 2.28. The number of rotatable bonds is 6. The molecular weight excluding hydrogens is 518 g/mol. The van der Waals surface area contributed by atoms with Crippen molar-refractivity contribution in [3.05, 3.63) is 78.4 Å². The second-order valence-electron chi connectivity index (χ2n) is 9.76. The van der Waals surface area contributed by atoms with Gasteiger partial charge in [0.2, 0.25) is 0 Å². The van der Waals surface area contributed by atoms with Gasteiger partial charge in [-0.1, -0.05) is 25.1 Å². The van der Waals surface area contributed by atoms with Gasteiger partial charge in [0, 0.05) is 39.4 Å². The molecule has 3 aromatic rings. The van der Waals surface area contributed by atoms with E-state index in [0.717, 1.165) is 0 Å². The van der Waals surface area contributed by atoms with Crippen molar-refractivity contribution in [2.75, 3.05) is 38.6 Å². The van der Waals surface area contributed by atoms with E-state index in [4.69, 9.17) is 14.2 Å².